The topological polar surface area (TPSA) is 61.0 Å². The molecule has 0 bridgehead atoms. The van der Waals surface area contributed by atoms with Crippen LogP contribution in [0, 0.1) is 0 Å². The van der Waals surface area contributed by atoms with Gasteiger partial charge in [0.2, 0.25) is 0 Å². The van der Waals surface area contributed by atoms with Gasteiger partial charge in [-0.2, -0.15) is 0 Å². The SMILES string of the molecule is CCOc1cccc(-c2cc(N)nc(C(C)(C)C)n2)c1. The number of nitrogen functional groups attached to an aromatic ring is 1. The Kier molecular flexibility index (Phi) is 3.93. The standard InChI is InChI=1S/C16H21N3O/c1-5-20-12-8-6-7-11(9-12)13-10-14(17)19-15(18-13)16(2,3)4/h6-10H,5H2,1-4H3,(H2,17,18,19). The van der Waals surface area contributed by atoms with Gasteiger partial charge in [-0.3, -0.25) is 0 Å². The van der Waals surface area contributed by atoms with Crippen LogP contribution in [0.15, 0.2) is 30.3 Å². The zero-order valence-electron chi connectivity index (χ0n) is 12.5. The van der Waals surface area contributed by atoms with Gasteiger partial charge in [-0.1, -0.05) is 32.9 Å². The van der Waals surface area contributed by atoms with Crippen molar-refractivity contribution in [3.63, 3.8) is 0 Å². The Bertz CT molecular complexity index is 603. The monoisotopic (exact) mass is 271 g/mol. The molecule has 2 aromatic rings. The first kappa shape index (κ1) is 14.3. The Morgan fingerprint density at radius 3 is 2.55 bits per heavy atom. The van der Waals surface area contributed by atoms with Crippen LogP contribution in [0.1, 0.15) is 33.5 Å². The summed E-state index contributed by atoms with van der Waals surface area (Å²) in [7, 11) is 0. The van der Waals surface area contributed by atoms with Crippen LogP contribution in [0.5, 0.6) is 5.75 Å². The molecule has 0 saturated carbocycles. The highest BCUT2D eigenvalue weighted by Crippen LogP contribution is 2.26. The molecule has 4 nitrogen and oxygen atoms in total. The minimum absolute atomic E-state index is 0.137. The summed E-state index contributed by atoms with van der Waals surface area (Å²) < 4.78 is 5.52. The lowest BCUT2D eigenvalue weighted by molar-refractivity contribution is 0.340. The van der Waals surface area contributed by atoms with Gasteiger partial charge in [0.25, 0.3) is 0 Å². The summed E-state index contributed by atoms with van der Waals surface area (Å²) in [6, 6.07) is 9.65. The molecule has 2 rings (SSSR count). The number of benzene rings is 1. The van der Waals surface area contributed by atoms with Crippen molar-refractivity contribution in [3.05, 3.63) is 36.2 Å². The second kappa shape index (κ2) is 5.49. The van der Waals surface area contributed by atoms with E-state index >= 15 is 0 Å². The van der Waals surface area contributed by atoms with E-state index in [9.17, 15) is 0 Å². The van der Waals surface area contributed by atoms with E-state index < -0.39 is 0 Å². The first-order valence-corrected chi connectivity index (χ1v) is 6.78. The maximum absolute atomic E-state index is 5.91. The summed E-state index contributed by atoms with van der Waals surface area (Å²) in [6.45, 7) is 8.82. The highest BCUT2D eigenvalue weighted by atomic mass is 16.5. The van der Waals surface area contributed by atoms with Gasteiger partial charge in [0.05, 0.1) is 12.3 Å². The molecule has 4 heteroatoms. The molecule has 0 amide bonds. The van der Waals surface area contributed by atoms with Gasteiger partial charge >= 0.3 is 0 Å². The molecule has 0 aliphatic rings. The third-order valence-electron chi connectivity index (χ3n) is 2.86. The molecule has 0 atom stereocenters. The number of aromatic nitrogens is 2. The van der Waals surface area contributed by atoms with E-state index in [1.807, 2.05) is 31.2 Å². The van der Waals surface area contributed by atoms with Gasteiger partial charge in [-0.25, -0.2) is 9.97 Å². The Morgan fingerprint density at radius 1 is 1.15 bits per heavy atom. The van der Waals surface area contributed by atoms with Crippen molar-refractivity contribution in [3.8, 4) is 17.0 Å². The maximum Gasteiger partial charge on any atom is 0.136 e. The lowest BCUT2D eigenvalue weighted by atomic mass is 9.95. The molecule has 0 saturated heterocycles. The number of nitrogens with zero attached hydrogens (tertiary/aromatic N) is 2. The molecule has 0 spiro atoms. The largest absolute Gasteiger partial charge is 0.494 e. The van der Waals surface area contributed by atoms with Crippen LogP contribution in [0.4, 0.5) is 5.82 Å². The van der Waals surface area contributed by atoms with E-state index in [4.69, 9.17) is 10.5 Å². The normalized spacial score (nSPS) is 11.4. The van der Waals surface area contributed by atoms with Gasteiger partial charge in [0, 0.05) is 17.0 Å². The van der Waals surface area contributed by atoms with Gasteiger partial charge < -0.3 is 10.5 Å². The second-order valence-corrected chi connectivity index (χ2v) is 5.71. The highest BCUT2D eigenvalue weighted by Gasteiger charge is 2.19. The zero-order valence-corrected chi connectivity index (χ0v) is 12.5. The second-order valence-electron chi connectivity index (χ2n) is 5.71. The van der Waals surface area contributed by atoms with Crippen molar-refractivity contribution in [1.82, 2.24) is 9.97 Å². The lowest BCUT2D eigenvalue weighted by Crippen LogP contribution is -2.17. The summed E-state index contributed by atoms with van der Waals surface area (Å²) in [4.78, 5) is 8.95. The fourth-order valence-corrected chi connectivity index (χ4v) is 1.86. The molecule has 0 fully saturated rings. The Hall–Kier alpha value is -2.10. The van der Waals surface area contributed by atoms with Gasteiger partial charge in [0.15, 0.2) is 0 Å². The Morgan fingerprint density at radius 2 is 1.90 bits per heavy atom. The number of ether oxygens (including phenoxy) is 1. The van der Waals surface area contributed by atoms with Crippen molar-refractivity contribution in [1.29, 1.82) is 0 Å². The van der Waals surface area contributed by atoms with Crippen LogP contribution in [0.2, 0.25) is 0 Å². The predicted octanol–water partition coefficient (Wildman–Crippen LogP) is 3.42. The van der Waals surface area contributed by atoms with Crippen LogP contribution in [-0.4, -0.2) is 16.6 Å². The molecule has 0 aliphatic heterocycles. The molecule has 20 heavy (non-hydrogen) atoms. The summed E-state index contributed by atoms with van der Waals surface area (Å²) in [6.07, 6.45) is 0. The molecule has 0 aliphatic carbocycles. The van der Waals surface area contributed by atoms with E-state index in [2.05, 4.69) is 30.7 Å². The van der Waals surface area contributed by atoms with Crippen molar-refractivity contribution < 1.29 is 4.74 Å². The van der Waals surface area contributed by atoms with Gasteiger partial charge in [0.1, 0.15) is 17.4 Å². The van der Waals surface area contributed by atoms with E-state index in [1.165, 1.54) is 0 Å². The van der Waals surface area contributed by atoms with E-state index in [0.29, 0.717) is 12.4 Å². The smallest absolute Gasteiger partial charge is 0.136 e. The number of hydrogen-bond donors (Lipinski definition) is 1. The molecule has 106 valence electrons. The molecular formula is C16H21N3O. The summed E-state index contributed by atoms with van der Waals surface area (Å²) in [5, 5.41) is 0. The van der Waals surface area contributed by atoms with Gasteiger partial charge in [-0.15, -0.1) is 0 Å². The number of rotatable bonds is 3. The summed E-state index contributed by atoms with van der Waals surface area (Å²) >= 11 is 0. The Balaban J connectivity index is 2.47. The highest BCUT2D eigenvalue weighted by molar-refractivity contribution is 5.63. The van der Waals surface area contributed by atoms with Crippen molar-refractivity contribution in [2.24, 2.45) is 0 Å². The molecule has 1 aromatic carbocycles. The maximum atomic E-state index is 5.91. The molecule has 1 heterocycles. The van der Waals surface area contributed by atoms with Crippen LogP contribution < -0.4 is 10.5 Å². The minimum atomic E-state index is -0.137. The first-order valence-electron chi connectivity index (χ1n) is 6.78. The molecular weight excluding hydrogens is 250 g/mol. The Labute approximate surface area is 120 Å². The van der Waals surface area contributed by atoms with Gasteiger partial charge in [-0.05, 0) is 19.1 Å². The van der Waals surface area contributed by atoms with Crippen LogP contribution in [-0.2, 0) is 5.41 Å². The average molecular weight is 271 g/mol. The van der Waals surface area contributed by atoms with E-state index in [0.717, 1.165) is 22.8 Å². The van der Waals surface area contributed by atoms with Crippen LogP contribution >= 0.6 is 0 Å². The molecule has 0 unspecified atom stereocenters. The summed E-state index contributed by atoms with van der Waals surface area (Å²) in [5.74, 6) is 2.07. The molecule has 2 N–H and O–H groups in total. The van der Waals surface area contributed by atoms with Crippen LogP contribution in [0.3, 0.4) is 0 Å². The third kappa shape index (κ3) is 3.26. The van der Waals surface area contributed by atoms with E-state index in [-0.39, 0.29) is 5.41 Å². The number of anilines is 1. The molecule has 0 radical (unpaired) electrons. The van der Waals surface area contributed by atoms with Crippen molar-refractivity contribution in [2.75, 3.05) is 12.3 Å². The fraction of sp³-hybridized carbons (Fsp3) is 0.375. The number of hydrogen-bond acceptors (Lipinski definition) is 4. The first-order chi connectivity index (χ1) is 9.40. The minimum Gasteiger partial charge on any atom is -0.494 e. The summed E-state index contributed by atoms with van der Waals surface area (Å²) in [5.41, 5.74) is 7.58. The predicted molar refractivity (Wildman–Crippen MR) is 81.7 cm³/mol. The molecule has 1 aromatic heterocycles. The third-order valence-corrected chi connectivity index (χ3v) is 2.86. The lowest BCUT2D eigenvalue weighted by Gasteiger charge is -2.18. The van der Waals surface area contributed by atoms with Crippen molar-refractivity contribution >= 4 is 5.82 Å². The fourth-order valence-electron chi connectivity index (χ4n) is 1.86. The quantitative estimate of drug-likeness (QED) is 0.929. The number of nitrogens with two attached hydrogens (primary N) is 1. The van der Waals surface area contributed by atoms with Crippen molar-refractivity contribution in [2.45, 2.75) is 33.1 Å². The van der Waals surface area contributed by atoms with Crippen LogP contribution in [0.25, 0.3) is 11.3 Å². The zero-order chi connectivity index (χ0) is 14.8. The average Bonchev–Trinajstić information content (AvgIpc) is 2.38. The van der Waals surface area contributed by atoms with E-state index in [1.54, 1.807) is 6.07 Å².